The maximum absolute atomic E-state index is 13.0. The molecule has 1 aliphatic carbocycles. The van der Waals surface area contributed by atoms with Gasteiger partial charge in [0.1, 0.15) is 0 Å². The number of allylic oxidation sites excluding steroid dienone is 2. The van der Waals surface area contributed by atoms with Crippen molar-refractivity contribution in [1.29, 1.82) is 0 Å². The fraction of sp³-hybridized carbons (Fsp3) is 0.412. The molecule has 0 radical (unpaired) electrons. The molecule has 2 amide bonds. The van der Waals surface area contributed by atoms with Crippen molar-refractivity contribution in [2.45, 2.75) is 32.9 Å². The lowest BCUT2D eigenvalue weighted by atomic mass is 9.78. The molecule has 0 spiro atoms. The summed E-state index contributed by atoms with van der Waals surface area (Å²) in [4.78, 5) is 26.1. The van der Waals surface area contributed by atoms with Crippen LogP contribution in [-0.4, -0.2) is 11.8 Å². The Labute approximate surface area is 142 Å². The minimum atomic E-state index is -4.65. The molecule has 0 bridgehead atoms. The van der Waals surface area contributed by atoms with E-state index in [1.165, 1.54) is 6.07 Å². The summed E-state index contributed by atoms with van der Waals surface area (Å²) >= 11 is 5.61. The summed E-state index contributed by atoms with van der Waals surface area (Å²) in [6.45, 7) is 3.83. The minimum Gasteiger partial charge on any atom is -0.274 e. The smallest absolute Gasteiger partial charge is 0.274 e. The third kappa shape index (κ3) is 2.62. The van der Waals surface area contributed by atoms with Crippen molar-refractivity contribution in [2.75, 3.05) is 4.90 Å². The third-order valence-electron chi connectivity index (χ3n) is 4.86. The summed E-state index contributed by atoms with van der Waals surface area (Å²) in [6.07, 6.45) is -3.71. The molecule has 1 aromatic rings. The van der Waals surface area contributed by atoms with Crippen LogP contribution in [0.25, 0.3) is 0 Å². The molecule has 7 heteroatoms. The molecule has 128 valence electrons. The summed E-state index contributed by atoms with van der Waals surface area (Å²) < 4.78 is 39.1. The maximum Gasteiger partial charge on any atom is 0.417 e. The predicted octanol–water partition coefficient (Wildman–Crippen LogP) is 4.59. The molecule has 1 heterocycles. The van der Waals surface area contributed by atoms with E-state index in [-0.39, 0.29) is 5.69 Å². The number of amides is 2. The van der Waals surface area contributed by atoms with Crippen LogP contribution in [0.5, 0.6) is 0 Å². The van der Waals surface area contributed by atoms with Crippen LogP contribution in [0.4, 0.5) is 18.9 Å². The van der Waals surface area contributed by atoms with Crippen molar-refractivity contribution in [3.63, 3.8) is 0 Å². The largest absolute Gasteiger partial charge is 0.417 e. The van der Waals surface area contributed by atoms with Gasteiger partial charge < -0.3 is 0 Å². The number of carbonyl (C=O) groups is 2. The number of halogens is 4. The molecule has 2 atom stereocenters. The molecule has 3 nitrogen and oxygen atoms in total. The highest BCUT2D eigenvalue weighted by molar-refractivity contribution is 6.31. The minimum absolute atomic E-state index is 0.0774. The Morgan fingerprint density at radius 2 is 1.54 bits per heavy atom. The number of nitrogens with zero attached hydrogens (tertiary/aromatic N) is 1. The van der Waals surface area contributed by atoms with E-state index < -0.39 is 40.4 Å². The third-order valence-corrected chi connectivity index (χ3v) is 5.18. The Bertz CT molecular complexity index is 738. The van der Waals surface area contributed by atoms with Crippen LogP contribution in [0.1, 0.15) is 32.3 Å². The lowest BCUT2D eigenvalue weighted by molar-refractivity contribution is -0.137. The van der Waals surface area contributed by atoms with E-state index in [9.17, 15) is 22.8 Å². The Kier molecular flexibility index (Phi) is 3.98. The quantitative estimate of drug-likeness (QED) is 0.544. The molecule has 1 aromatic carbocycles. The summed E-state index contributed by atoms with van der Waals surface area (Å²) in [7, 11) is 0. The highest BCUT2D eigenvalue weighted by Crippen LogP contribution is 2.44. The van der Waals surface area contributed by atoms with E-state index in [1.807, 2.05) is 13.8 Å². The number of anilines is 1. The van der Waals surface area contributed by atoms with Gasteiger partial charge in [0.15, 0.2) is 0 Å². The van der Waals surface area contributed by atoms with E-state index in [2.05, 4.69) is 0 Å². The van der Waals surface area contributed by atoms with Crippen LogP contribution in [0.2, 0.25) is 5.02 Å². The van der Waals surface area contributed by atoms with Gasteiger partial charge in [-0.05, 0) is 44.9 Å². The summed E-state index contributed by atoms with van der Waals surface area (Å²) in [5, 5.41) is -0.462. The van der Waals surface area contributed by atoms with Crippen LogP contribution >= 0.6 is 11.6 Å². The van der Waals surface area contributed by atoms with Crippen LogP contribution in [0.15, 0.2) is 29.3 Å². The second-order valence-electron chi connectivity index (χ2n) is 6.36. The van der Waals surface area contributed by atoms with Crippen LogP contribution < -0.4 is 4.90 Å². The van der Waals surface area contributed by atoms with Crippen LogP contribution in [-0.2, 0) is 15.8 Å². The summed E-state index contributed by atoms with van der Waals surface area (Å²) in [6, 6.07) is 3.11. The Morgan fingerprint density at radius 1 is 1.04 bits per heavy atom. The molecular weight excluding hydrogens is 343 g/mol. The fourth-order valence-electron chi connectivity index (χ4n) is 3.38. The Hall–Kier alpha value is -1.82. The number of hydrogen-bond donors (Lipinski definition) is 0. The second-order valence-corrected chi connectivity index (χ2v) is 6.76. The van der Waals surface area contributed by atoms with Gasteiger partial charge in [0.25, 0.3) is 0 Å². The number of rotatable bonds is 1. The first kappa shape index (κ1) is 17.0. The van der Waals surface area contributed by atoms with E-state index in [0.29, 0.717) is 12.8 Å². The number of alkyl halides is 3. The summed E-state index contributed by atoms with van der Waals surface area (Å²) in [5.41, 5.74) is 0.992. The molecular formula is C17H15ClF3NO2. The molecule has 24 heavy (non-hydrogen) atoms. The van der Waals surface area contributed by atoms with Crippen molar-refractivity contribution in [3.8, 4) is 0 Å². The average molecular weight is 358 g/mol. The van der Waals surface area contributed by atoms with Crippen LogP contribution in [0.3, 0.4) is 0 Å². The first-order chi connectivity index (χ1) is 11.1. The highest BCUT2D eigenvalue weighted by atomic mass is 35.5. The van der Waals surface area contributed by atoms with Crippen molar-refractivity contribution in [3.05, 3.63) is 39.9 Å². The van der Waals surface area contributed by atoms with Gasteiger partial charge in [-0.25, -0.2) is 0 Å². The molecule has 0 saturated carbocycles. The highest BCUT2D eigenvalue weighted by Gasteiger charge is 2.50. The van der Waals surface area contributed by atoms with Crippen molar-refractivity contribution in [2.24, 2.45) is 11.8 Å². The van der Waals surface area contributed by atoms with E-state index >= 15 is 0 Å². The standard InChI is InChI=1S/C17H15ClF3NO2/c1-8-5-11-12(6-9(8)2)16(24)22(15(11)23)10-3-4-14(18)13(7-10)17(19,20)21/h3-4,7,11-12H,5-6H2,1-2H3/t11-,12-/m0/s1. The summed E-state index contributed by atoms with van der Waals surface area (Å²) in [5.74, 6) is -1.86. The lowest BCUT2D eigenvalue weighted by Crippen LogP contribution is -2.31. The predicted molar refractivity (Wildman–Crippen MR) is 83.5 cm³/mol. The number of hydrogen-bond acceptors (Lipinski definition) is 2. The van der Waals surface area contributed by atoms with Gasteiger partial charge in [-0.15, -0.1) is 0 Å². The van der Waals surface area contributed by atoms with Crippen molar-refractivity contribution in [1.82, 2.24) is 0 Å². The zero-order valence-electron chi connectivity index (χ0n) is 13.1. The van der Waals surface area contributed by atoms with Crippen LogP contribution in [0, 0.1) is 11.8 Å². The van der Waals surface area contributed by atoms with Gasteiger partial charge in [0.2, 0.25) is 11.8 Å². The van der Waals surface area contributed by atoms with Crippen molar-refractivity contribution >= 4 is 29.1 Å². The number of fused-ring (bicyclic) bond motifs is 1. The number of carbonyl (C=O) groups excluding carboxylic acids is 2. The molecule has 0 aromatic heterocycles. The monoisotopic (exact) mass is 357 g/mol. The lowest BCUT2D eigenvalue weighted by Gasteiger charge is -2.23. The molecule has 1 aliphatic heterocycles. The molecule has 0 N–H and O–H groups in total. The molecule has 1 saturated heterocycles. The Balaban J connectivity index is 2.00. The van der Waals surface area contributed by atoms with Crippen molar-refractivity contribution < 1.29 is 22.8 Å². The fourth-order valence-corrected chi connectivity index (χ4v) is 3.60. The first-order valence-electron chi connectivity index (χ1n) is 7.51. The normalized spacial score (nSPS) is 24.7. The molecule has 3 rings (SSSR count). The molecule has 2 aliphatic rings. The van der Waals surface area contributed by atoms with Gasteiger partial charge in [-0.1, -0.05) is 22.7 Å². The molecule has 1 fully saturated rings. The van der Waals surface area contributed by atoms with E-state index in [4.69, 9.17) is 11.6 Å². The molecule has 0 unspecified atom stereocenters. The van der Waals surface area contributed by atoms with Gasteiger partial charge in [0, 0.05) is 0 Å². The zero-order chi connectivity index (χ0) is 17.8. The number of benzene rings is 1. The van der Waals surface area contributed by atoms with Gasteiger partial charge >= 0.3 is 6.18 Å². The zero-order valence-corrected chi connectivity index (χ0v) is 13.8. The maximum atomic E-state index is 13.0. The van der Waals surface area contributed by atoms with E-state index in [1.54, 1.807) is 0 Å². The van der Waals surface area contributed by atoms with Gasteiger partial charge in [0.05, 0.1) is 28.1 Å². The Morgan fingerprint density at radius 3 is 2.00 bits per heavy atom. The SMILES string of the molecule is CC1=C(C)C[C@@H]2C(=O)N(c3ccc(Cl)c(C(F)(F)F)c3)C(=O)[C@H]2C1. The van der Waals surface area contributed by atoms with Gasteiger partial charge in [-0.3, -0.25) is 14.5 Å². The second kappa shape index (κ2) is 5.62. The van der Waals surface area contributed by atoms with E-state index in [0.717, 1.165) is 28.2 Å². The topological polar surface area (TPSA) is 37.4 Å². The average Bonchev–Trinajstić information content (AvgIpc) is 2.71. The van der Waals surface area contributed by atoms with Gasteiger partial charge in [-0.2, -0.15) is 13.2 Å². The number of imide groups is 1. The first-order valence-corrected chi connectivity index (χ1v) is 7.89.